The molecule has 1 aromatic carbocycles. The fourth-order valence-electron chi connectivity index (χ4n) is 2.50. The van der Waals surface area contributed by atoms with E-state index in [0.29, 0.717) is 44.2 Å². The molecular weight excluding hydrogens is 356 g/mol. The number of amides is 1. The van der Waals surface area contributed by atoms with Gasteiger partial charge in [0.25, 0.3) is 0 Å². The number of hydrogen-bond acceptors (Lipinski definition) is 5. The number of nitrogens with zero attached hydrogens (tertiary/aromatic N) is 1. The highest BCUT2D eigenvalue weighted by molar-refractivity contribution is 7.89. The summed E-state index contributed by atoms with van der Waals surface area (Å²) >= 11 is 0. The summed E-state index contributed by atoms with van der Waals surface area (Å²) in [6.07, 6.45) is 0.591. The van der Waals surface area contributed by atoms with Gasteiger partial charge in [0, 0.05) is 19.0 Å². The summed E-state index contributed by atoms with van der Waals surface area (Å²) in [6.45, 7) is 8.90. The molecule has 1 saturated heterocycles. The molecule has 0 aromatic heterocycles. The number of carbonyl (C=O) groups excluding carboxylic acids is 1. The lowest BCUT2D eigenvalue weighted by Gasteiger charge is -2.26. The fourth-order valence-corrected chi connectivity index (χ4v) is 3.94. The lowest BCUT2D eigenvalue weighted by molar-refractivity contribution is -0.119. The van der Waals surface area contributed by atoms with Crippen LogP contribution in [0.4, 0.5) is 5.69 Å². The predicted octanol–water partition coefficient (Wildman–Crippen LogP) is 2.48. The molecule has 2 rings (SSSR count). The normalized spacial score (nSPS) is 17.1. The van der Waals surface area contributed by atoms with Gasteiger partial charge in [0.15, 0.2) is 0 Å². The van der Waals surface area contributed by atoms with Crippen molar-refractivity contribution in [3.05, 3.63) is 18.2 Å². The van der Waals surface area contributed by atoms with Crippen molar-refractivity contribution in [3.63, 3.8) is 0 Å². The molecule has 1 atom stereocenters. The molecule has 0 bridgehead atoms. The third kappa shape index (κ3) is 4.96. The molecule has 1 aromatic rings. The molecule has 1 amide bonds. The fraction of sp³-hybridized carbons (Fsp3) is 0.611. The first-order valence-electron chi connectivity index (χ1n) is 8.95. The summed E-state index contributed by atoms with van der Waals surface area (Å²) in [5.41, 5.74) is 0.373. The first-order valence-corrected chi connectivity index (χ1v) is 10.4. The van der Waals surface area contributed by atoms with E-state index in [1.165, 1.54) is 16.4 Å². The number of benzene rings is 1. The highest BCUT2D eigenvalue weighted by Gasteiger charge is 2.27. The molecule has 0 spiro atoms. The number of anilines is 1. The summed E-state index contributed by atoms with van der Waals surface area (Å²) in [6, 6.07) is 4.59. The van der Waals surface area contributed by atoms with Crippen LogP contribution in [-0.4, -0.2) is 51.0 Å². The second-order valence-corrected chi connectivity index (χ2v) is 8.58. The summed E-state index contributed by atoms with van der Waals surface area (Å²) in [7, 11) is -3.64. The molecule has 8 heteroatoms. The first kappa shape index (κ1) is 20.7. The zero-order chi connectivity index (χ0) is 19.3. The lowest BCUT2D eigenvalue weighted by atomic mass is 10.1. The molecule has 0 radical (unpaired) electrons. The number of rotatable bonds is 7. The predicted molar refractivity (Wildman–Crippen MR) is 99.9 cm³/mol. The van der Waals surface area contributed by atoms with Crippen molar-refractivity contribution in [2.45, 2.75) is 45.1 Å². The Morgan fingerprint density at radius 3 is 2.50 bits per heavy atom. The van der Waals surface area contributed by atoms with E-state index in [1.54, 1.807) is 6.07 Å². The summed E-state index contributed by atoms with van der Waals surface area (Å²) < 4.78 is 38.1. The minimum Gasteiger partial charge on any atom is -0.489 e. The van der Waals surface area contributed by atoms with Crippen LogP contribution in [0.3, 0.4) is 0 Å². The smallest absolute Gasteiger partial charge is 0.243 e. The van der Waals surface area contributed by atoms with Gasteiger partial charge in [-0.15, -0.1) is 0 Å². The van der Waals surface area contributed by atoms with Crippen molar-refractivity contribution >= 4 is 21.6 Å². The molecule has 1 aliphatic heterocycles. The zero-order valence-electron chi connectivity index (χ0n) is 15.8. The molecule has 1 aliphatic rings. The van der Waals surface area contributed by atoms with E-state index in [4.69, 9.17) is 9.47 Å². The van der Waals surface area contributed by atoms with Crippen LogP contribution in [0.15, 0.2) is 23.1 Å². The Morgan fingerprint density at radius 1 is 1.27 bits per heavy atom. The second kappa shape index (κ2) is 8.83. The molecule has 0 aliphatic carbocycles. The first-order chi connectivity index (χ1) is 12.3. The van der Waals surface area contributed by atoms with Gasteiger partial charge in [0.2, 0.25) is 15.9 Å². The molecular formula is C18H28N2O5S. The second-order valence-electron chi connectivity index (χ2n) is 6.64. The molecule has 7 nitrogen and oxygen atoms in total. The van der Waals surface area contributed by atoms with Gasteiger partial charge in [-0.25, -0.2) is 8.42 Å². The highest BCUT2D eigenvalue weighted by atomic mass is 32.2. The van der Waals surface area contributed by atoms with Crippen molar-refractivity contribution in [1.82, 2.24) is 4.31 Å². The maximum absolute atomic E-state index is 12.9. The van der Waals surface area contributed by atoms with Gasteiger partial charge in [-0.3, -0.25) is 4.79 Å². The van der Waals surface area contributed by atoms with Gasteiger partial charge in [0.1, 0.15) is 5.75 Å². The van der Waals surface area contributed by atoms with E-state index in [-0.39, 0.29) is 22.8 Å². The van der Waals surface area contributed by atoms with Crippen molar-refractivity contribution < 1.29 is 22.7 Å². The maximum atomic E-state index is 12.9. The summed E-state index contributed by atoms with van der Waals surface area (Å²) in [5, 5.41) is 2.81. The van der Waals surface area contributed by atoms with Crippen molar-refractivity contribution in [2.24, 2.45) is 5.92 Å². The SMILES string of the molecule is CCC(C)C(=O)Nc1cc(S(=O)(=O)N2CCOCC2)ccc1OC(C)C. The topological polar surface area (TPSA) is 84.9 Å². The van der Waals surface area contributed by atoms with Crippen molar-refractivity contribution in [2.75, 3.05) is 31.6 Å². The molecule has 1 unspecified atom stereocenters. The Hall–Kier alpha value is -1.64. The van der Waals surface area contributed by atoms with Crippen molar-refractivity contribution in [1.29, 1.82) is 0 Å². The lowest BCUT2D eigenvalue weighted by Crippen LogP contribution is -2.40. The third-order valence-electron chi connectivity index (χ3n) is 4.24. The van der Waals surface area contributed by atoms with Crippen LogP contribution in [0.2, 0.25) is 0 Å². The molecule has 1 heterocycles. The minimum atomic E-state index is -3.64. The van der Waals surface area contributed by atoms with Crippen LogP contribution in [0.5, 0.6) is 5.75 Å². The van der Waals surface area contributed by atoms with Crippen LogP contribution in [0, 0.1) is 5.92 Å². The average Bonchev–Trinajstić information content (AvgIpc) is 2.62. The van der Waals surface area contributed by atoms with Gasteiger partial charge in [-0.2, -0.15) is 4.31 Å². The average molecular weight is 384 g/mol. The van der Waals surface area contributed by atoms with Crippen LogP contribution in [0.25, 0.3) is 0 Å². The summed E-state index contributed by atoms with van der Waals surface area (Å²) in [5.74, 6) is 0.112. The van der Waals surface area contributed by atoms with Gasteiger partial charge in [0.05, 0.1) is 29.9 Å². The molecule has 26 heavy (non-hydrogen) atoms. The number of sulfonamides is 1. The maximum Gasteiger partial charge on any atom is 0.243 e. The number of ether oxygens (including phenoxy) is 2. The Kier molecular flexibility index (Phi) is 7.02. The Morgan fingerprint density at radius 2 is 1.92 bits per heavy atom. The number of hydrogen-bond donors (Lipinski definition) is 1. The molecule has 1 N–H and O–H groups in total. The number of nitrogens with one attached hydrogen (secondary N) is 1. The number of carbonyl (C=O) groups is 1. The molecule has 146 valence electrons. The molecule has 0 saturated carbocycles. The van der Waals surface area contributed by atoms with E-state index in [1.807, 2.05) is 27.7 Å². The third-order valence-corrected chi connectivity index (χ3v) is 6.13. The van der Waals surface area contributed by atoms with Crippen LogP contribution in [0.1, 0.15) is 34.1 Å². The van der Waals surface area contributed by atoms with Gasteiger partial charge in [-0.1, -0.05) is 13.8 Å². The van der Waals surface area contributed by atoms with E-state index in [0.717, 1.165) is 0 Å². The molecule has 1 fully saturated rings. The largest absolute Gasteiger partial charge is 0.489 e. The van der Waals surface area contributed by atoms with Gasteiger partial charge >= 0.3 is 0 Å². The van der Waals surface area contributed by atoms with Crippen LogP contribution >= 0.6 is 0 Å². The van der Waals surface area contributed by atoms with E-state index in [9.17, 15) is 13.2 Å². The van der Waals surface area contributed by atoms with Gasteiger partial charge < -0.3 is 14.8 Å². The highest BCUT2D eigenvalue weighted by Crippen LogP contribution is 2.30. The van der Waals surface area contributed by atoms with Crippen LogP contribution in [-0.2, 0) is 19.6 Å². The minimum absolute atomic E-state index is 0.101. The quantitative estimate of drug-likeness (QED) is 0.781. The Labute approximate surface area is 155 Å². The van der Waals surface area contributed by atoms with E-state index < -0.39 is 10.0 Å². The number of morpholine rings is 1. The van der Waals surface area contributed by atoms with Crippen molar-refractivity contribution in [3.8, 4) is 5.75 Å². The van der Waals surface area contributed by atoms with Gasteiger partial charge in [-0.05, 0) is 38.5 Å². The van der Waals surface area contributed by atoms with E-state index in [2.05, 4.69) is 5.32 Å². The Balaban J connectivity index is 2.36. The van der Waals surface area contributed by atoms with E-state index >= 15 is 0 Å². The standard InChI is InChI=1S/C18H28N2O5S/c1-5-14(4)18(21)19-16-12-15(6-7-17(16)25-13(2)3)26(22,23)20-8-10-24-11-9-20/h6-7,12-14H,5,8-11H2,1-4H3,(H,19,21). The summed E-state index contributed by atoms with van der Waals surface area (Å²) in [4.78, 5) is 12.4. The van der Waals surface area contributed by atoms with Crippen LogP contribution < -0.4 is 10.1 Å². The Bertz CT molecular complexity index is 727. The monoisotopic (exact) mass is 384 g/mol. The zero-order valence-corrected chi connectivity index (χ0v) is 16.6.